The van der Waals surface area contributed by atoms with Crippen LogP contribution in [0.5, 0.6) is 5.75 Å². The van der Waals surface area contributed by atoms with Crippen molar-refractivity contribution in [1.82, 2.24) is 5.43 Å². The highest BCUT2D eigenvalue weighted by Crippen LogP contribution is 2.40. The predicted octanol–water partition coefficient (Wildman–Crippen LogP) is 5.01. The van der Waals surface area contributed by atoms with Gasteiger partial charge in [0.15, 0.2) is 0 Å². The van der Waals surface area contributed by atoms with Crippen LogP contribution in [0.3, 0.4) is 0 Å². The molecule has 0 aliphatic heterocycles. The number of nitrogens with zero attached hydrogens (tertiary/aromatic N) is 1. The summed E-state index contributed by atoms with van der Waals surface area (Å²) in [4.78, 5) is 50.8. The Labute approximate surface area is 234 Å². The summed E-state index contributed by atoms with van der Waals surface area (Å²) in [7, 11) is 0. The third kappa shape index (κ3) is 6.90. The zero-order valence-electron chi connectivity index (χ0n) is 21.3. The topological polar surface area (TPSA) is 123 Å². The number of fused-ring (bicyclic) bond motifs is 1. The zero-order valence-corrected chi connectivity index (χ0v) is 22.9. The van der Waals surface area contributed by atoms with Crippen molar-refractivity contribution >= 4 is 57.9 Å². The molecule has 0 saturated heterocycles. The number of carbonyl (C=O) groups is 4. The van der Waals surface area contributed by atoms with Gasteiger partial charge in [0.05, 0.1) is 29.0 Å². The van der Waals surface area contributed by atoms with E-state index in [1.54, 1.807) is 55.5 Å². The minimum Gasteiger partial charge on any atom is -0.462 e. The monoisotopic (exact) mass is 567 g/mol. The first-order valence-corrected chi connectivity index (χ1v) is 13.5. The second kappa shape index (κ2) is 12.7. The lowest BCUT2D eigenvalue weighted by atomic mass is 9.88. The molecule has 3 aromatic rings. The number of hydrogen-bond acceptors (Lipinski definition) is 8. The summed E-state index contributed by atoms with van der Waals surface area (Å²) in [5.74, 6) is -2.29. The maximum atomic E-state index is 12.6. The number of esters is 2. The number of thiophene rings is 1. The highest BCUT2D eigenvalue weighted by molar-refractivity contribution is 7.17. The molecule has 2 N–H and O–H groups in total. The lowest BCUT2D eigenvalue weighted by Crippen LogP contribution is -2.32. The Morgan fingerprint density at radius 2 is 1.82 bits per heavy atom. The molecule has 0 unspecified atom stereocenters. The number of amides is 2. The molecule has 0 fully saturated rings. The number of benzene rings is 2. The van der Waals surface area contributed by atoms with Gasteiger partial charge in [-0.25, -0.2) is 15.0 Å². The van der Waals surface area contributed by atoms with E-state index in [-0.39, 0.29) is 17.2 Å². The SMILES string of the molecule is CCOC(=O)c1c(NC(=O)C(=O)N/N=C\c2ccc(OC(=O)c3ccccc3Cl)cc2)sc2c1CC[C@@H](C)C2. The molecule has 1 atom stereocenters. The summed E-state index contributed by atoms with van der Waals surface area (Å²) in [6.45, 7) is 4.05. The van der Waals surface area contributed by atoms with Crippen LogP contribution in [0.25, 0.3) is 0 Å². The number of hydrogen-bond donors (Lipinski definition) is 2. The van der Waals surface area contributed by atoms with Gasteiger partial charge in [0, 0.05) is 4.88 Å². The van der Waals surface area contributed by atoms with Crippen molar-refractivity contribution in [2.24, 2.45) is 11.0 Å². The molecule has 0 bridgehead atoms. The molecular formula is C28H26ClN3O6S. The van der Waals surface area contributed by atoms with Crippen LogP contribution in [0.2, 0.25) is 5.02 Å². The first-order chi connectivity index (χ1) is 18.8. The fourth-order valence-electron chi connectivity index (χ4n) is 4.04. The van der Waals surface area contributed by atoms with E-state index in [0.29, 0.717) is 34.2 Å². The van der Waals surface area contributed by atoms with Crippen LogP contribution >= 0.6 is 22.9 Å². The third-order valence-corrected chi connectivity index (χ3v) is 7.49. The van der Waals surface area contributed by atoms with Gasteiger partial charge in [0.25, 0.3) is 0 Å². The molecule has 2 amide bonds. The number of carbonyl (C=O) groups excluding carboxylic acids is 4. The highest BCUT2D eigenvalue weighted by Gasteiger charge is 2.30. The van der Waals surface area contributed by atoms with E-state index in [1.807, 2.05) is 0 Å². The van der Waals surface area contributed by atoms with Gasteiger partial charge in [-0.2, -0.15) is 5.10 Å². The Bertz CT molecular complexity index is 1430. The van der Waals surface area contributed by atoms with Crippen LogP contribution in [-0.2, 0) is 27.2 Å². The molecule has 11 heteroatoms. The summed E-state index contributed by atoms with van der Waals surface area (Å²) in [5, 5.41) is 6.96. The van der Waals surface area contributed by atoms with Gasteiger partial charge < -0.3 is 14.8 Å². The normalized spacial score (nSPS) is 14.4. The predicted molar refractivity (Wildman–Crippen MR) is 149 cm³/mol. The molecule has 1 aliphatic carbocycles. The van der Waals surface area contributed by atoms with Crippen LogP contribution < -0.4 is 15.5 Å². The van der Waals surface area contributed by atoms with Crippen molar-refractivity contribution in [3.8, 4) is 5.75 Å². The van der Waals surface area contributed by atoms with Gasteiger partial charge in [-0.1, -0.05) is 30.7 Å². The average Bonchev–Trinajstić information content (AvgIpc) is 3.26. The Morgan fingerprint density at radius 1 is 1.08 bits per heavy atom. The van der Waals surface area contributed by atoms with Gasteiger partial charge in [-0.15, -0.1) is 11.3 Å². The quantitative estimate of drug-likeness (QED) is 0.136. The van der Waals surface area contributed by atoms with Crippen molar-refractivity contribution in [2.75, 3.05) is 11.9 Å². The number of hydrazone groups is 1. The van der Waals surface area contributed by atoms with E-state index in [4.69, 9.17) is 21.1 Å². The van der Waals surface area contributed by atoms with Crippen LogP contribution in [0.15, 0.2) is 53.6 Å². The molecule has 2 aromatic carbocycles. The Morgan fingerprint density at radius 3 is 2.54 bits per heavy atom. The van der Waals surface area contributed by atoms with Gasteiger partial charge in [-0.3, -0.25) is 9.59 Å². The number of anilines is 1. The van der Waals surface area contributed by atoms with Gasteiger partial charge in [-0.05, 0) is 79.6 Å². The molecule has 9 nitrogen and oxygen atoms in total. The van der Waals surface area contributed by atoms with Gasteiger partial charge >= 0.3 is 23.8 Å². The van der Waals surface area contributed by atoms with E-state index in [0.717, 1.165) is 23.3 Å². The molecule has 202 valence electrons. The van der Waals surface area contributed by atoms with Crippen LogP contribution in [0.4, 0.5) is 5.00 Å². The second-order valence-corrected chi connectivity index (χ2v) is 10.4. The zero-order chi connectivity index (χ0) is 27.9. The fourth-order valence-corrected chi connectivity index (χ4v) is 5.65. The first-order valence-electron chi connectivity index (χ1n) is 12.3. The van der Waals surface area contributed by atoms with E-state index in [2.05, 4.69) is 22.8 Å². The van der Waals surface area contributed by atoms with Gasteiger partial charge in [0.1, 0.15) is 10.8 Å². The Balaban J connectivity index is 1.35. The first kappa shape index (κ1) is 28.0. The average molecular weight is 568 g/mol. The molecule has 4 rings (SSSR count). The van der Waals surface area contributed by atoms with Crippen molar-refractivity contribution < 1.29 is 28.7 Å². The molecule has 1 aliphatic rings. The van der Waals surface area contributed by atoms with E-state index in [9.17, 15) is 19.2 Å². The minimum absolute atomic E-state index is 0.202. The fraction of sp³-hybridized carbons (Fsp3) is 0.250. The summed E-state index contributed by atoms with van der Waals surface area (Å²) in [6.07, 6.45) is 3.78. The lowest BCUT2D eigenvalue weighted by Gasteiger charge is -2.18. The Kier molecular flexibility index (Phi) is 9.11. The highest BCUT2D eigenvalue weighted by atomic mass is 35.5. The van der Waals surface area contributed by atoms with Crippen molar-refractivity contribution in [2.45, 2.75) is 33.1 Å². The van der Waals surface area contributed by atoms with Crippen molar-refractivity contribution in [3.63, 3.8) is 0 Å². The van der Waals surface area contributed by atoms with E-state index >= 15 is 0 Å². The van der Waals surface area contributed by atoms with Crippen molar-refractivity contribution in [3.05, 3.63) is 80.7 Å². The number of halogens is 1. The molecule has 0 spiro atoms. The molecular weight excluding hydrogens is 542 g/mol. The largest absolute Gasteiger partial charge is 0.462 e. The molecule has 39 heavy (non-hydrogen) atoms. The van der Waals surface area contributed by atoms with E-state index in [1.165, 1.54) is 17.6 Å². The second-order valence-electron chi connectivity index (χ2n) is 8.87. The Hall–Kier alpha value is -4.02. The maximum absolute atomic E-state index is 12.6. The van der Waals surface area contributed by atoms with E-state index < -0.39 is 23.8 Å². The summed E-state index contributed by atoms with van der Waals surface area (Å²) in [5.41, 5.74) is 4.21. The standard InChI is InChI=1S/C28H26ClN3O6S/c1-3-37-28(36)23-20-13-8-16(2)14-22(20)39-26(23)31-24(33)25(34)32-30-15-17-9-11-18(12-10-17)38-27(35)19-6-4-5-7-21(19)29/h4-7,9-12,15-16H,3,8,13-14H2,1-2H3,(H,31,33)(H,32,34)/b30-15-/t16-/m1/s1. The molecule has 0 radical (unpaired) electrons. The third-order valence-electron chi connectivity index (χ3n) is 5.99. The molecule has 1 heterocycles. The van der Waals surface area contributed by atoms with Gasteiger partial charge in [0.2, 0.25) is 0 Å². The summed E-state index contributed by atoms with van der Waals surface area (Å²) >= 11 is 7.32. The summed E-state index contributed by atoms with van der Waals surface area (Å²) in [6, 6.07) is 12.9. The minimum atomic E-state index is -0.994. The van der Waals surface area contributed by atoms with Crippen LogP contribution in [0, 0.1) is 5.92 Å². The van der Waals surface area contributed by atoms with Crippen LogP contribution in [0.1, 0.15) is 57.0 Å². The maximum Gasteiger partial charge on any atom is 0.345 e. The lowest BCUT2D eigenvalue weighted by molar-refractivity contribution is -0.136. The van der Waals surface area contributed by atoms with Crippen LogP contribution in [-0.4, -0.2) is 36.6 Å². The summed E-state index contributed by atoms with van der Waals surface area (Å²) < 4.78 is 10.5. The molecule has 1 aromatic heterocycles. The number of nitrogens with one attached hydrogen (secondary N) is 2. The number of ether oxygens (including phenoxy) is 2. The number of rotatable bonds is 7. The van der Waals surface area contributed by atoms with Crippen molar-refractivity contribution in [1.29, 1.82) is 0 Å². The smallest absolute Gasteiger partial charge is 0.345 e. The molecule has 0 saturated carbocycles.